The van der Waals surface area contributed by atoms with Crippen molar-refractivity contribution in [1.29, 1.82) is 0 Å². The Balaban J connectivity index is 2.36. The second-order valence-corrected chi connectivity index (χ2v) is 4.94. The topological polar surface area (TPSA) is 70.6 Å². The van der Waals surface area contributed by atoms with Crippen molar-refractivity contribution in [3.8, 4) is 0 Å². The van der Waals surface area contributed by atoms with E-state index in [9.17, 15) is 9.59 Å². The van der Waals surface area contributed by atoms with E-state index in [0.29, 0.717) is 24.5 Å². The van der Waals surface area contributed by atoms with Gasteiger partial charge in [-0.2, -0.15) is 5.10 Å². The summed E-state index contributed by atoms with van der Waals surface area (Å²) < 4.78 is 0. The monoisotopic (exact) mass is 239 g/mol. The molecule has 0 aromatic carbocycles. The van der Waals surface area contributed by atoms with E-state index < -0.39 is 0 Å². The minimum absolute atomic E-state index is 0.130. The van der Waals surface area contributed by atoms with Crippen molar-refractivity contribution in [3.05, 3.63) is 0 Å². The highest BCUT2D eigenvalue weighted by Crippen LogP contribution is 2.07. The fourth-order valence-corrected chi connectivity index (χ4v) is 1.60. The van der Waals surface area contributed by atoms with Gasteiger partial charge in [0.25, 0.3) is 5.91 Å². The van der Waals surface area contributed by atoms with Crippen LogP contribution < -0.4 is 10.7 Å². The number of amides is 2. The van der Waals surface area contributed by atoms with Crippen LogP contribution in [-0.4, -0.2) is 23.6 Å². The molecule has 0 aromatic heterocycles. The third-order valence-electron chi connectivity index (χ3n) is 2.72. The molecule has 2 N–H and O–H groups in total. The minimum atomic E-state index is -0.166. The van der Waals surface area contributed by atoms with Gasteiger partial charge in [0, 0.05) is 18.9 Å². The zero-order valence-electron chi connectivity index (χ0n) is 10.7. The van der Waals surface area contributed by atoms with Crippen LogP contribution in [0.5, 0.6) is 0 Å². The van der Waals surface area contributed by atoms with Crippen LogP contribution in [0.2, 0.25) is 0 Å². The molecule has 2 amide bonds. The van der Waals surface area contributed by atoms with Crippen LogP contribution in [0.3, 0.4) is 0 Å². The van der Waals surface area contributed by atoms with Crippen LogP contribution in [0.4, 0.5) is 0 Å². The van der Waals surface area contributed by atoms with Crippen LogP contribution in [0.25, 0.3) is 0 Å². The predicted molar refractivity (Wildman–Crippen MR) is 66.5 cm³/mol. The Morgan fingerprint density at radius 2 is 2.06 bits per heavy atom. The molecule has 5 heteroatoms. The molecule has 0 aliphatic carbocycles. The smallest absolute Gasteiger partial charge is 0.267 e. The molecule has 1 aliphatic heterocycles. The molecule has 0 fully saturated rings. The second kappa shape index (κ2) is 6.37. The predicted octanol–water partition coefficient (Wildman–Crippen LogP) is 1.19. The maximum atomic E-state index is 11.8. The highest BCUT2D eigenvalue weighted by atomic mass is 16.2. The molecule has 5 nitrogen and oxygen atoms in total. The van der Waals surface area contributed by atoms with Crippen molar-refractivity contribution in [2.45, 2.75) is 52.5 Å². The van der Waals surface area contributed by atoms with E-state index in [1.54, 1.807) is 0 Å². The molecule has 1 atom stereocenters. The van der Waals surface area contributed by atoms with E-state index in [0.717, 1.165) is 12.8 Å². The van der Waals surface area contributed by atoms with E-state index in [-0.39, 0.29) is 17.9 Å². The summed E-state index contributed by atoms with van der Waals surface area (Å²) in [5, 5.41) is 6.66. The zero-order chi connectivity index (χ0) is 12.8. The SMILES string of the molecule is CC(C)CCC(C)NC(=O)C1=NNC(=O)CC1. The third-order valence-corrected chi connectivity index (χ3v) is 2.72. The fourth-order valence-electron chi connectivity index (χ4n) is 1.60. The number of nitrogens with zero attached hydrogens (tertiary/aromatic N) is 1. The van der Waals surface area contributed by atoms with Crippen molar-refractivity contribution in [1.82, 2.24) is 10.7 Å². The van der Waals surface area contributed by atoms with Crippen LogP contribution >= 0.6 is 0 Å². The van der Waals surface area contributed by atoms with Crippen molar-refractivity contribution in [2.75, 3.05) is 0 Å². The van der Waals surface area contributed by atoms with Crippen molar-refractivity contribution in [2.24, 2.45) is 11.0 Å². The molecule has 0 saturated heterocycles. The molecule has 96 valence electrons. The largest absolute Gasteiger partial charge is 0.348 e. The summed E-state index contributed by atoms with van der Waals surface area (Å²) in [4.78, 5) is 22.6. The van der Waals surface area contributed by atoms with E-state index >= 15 is 0 Å². The standard InChI is InChI=1S/C12H21N3O2/c1-8(2)4-5-9(3)13-12(17)10-6-7-11(16)15-14-10/h8-9H,4-7H2,1-3H3,(H,13,17)(H,15,16). The van der Waals surface area contributed by atoms with Crippen LogP contribution in [0.1, 0.15) is 46.5 Å². The summed E-state index contributed by atoms with van der Waals surface area (Å²) >= 11 is 0. The lowest BCUT2D eigenvalue weighted by molar-refractivity contribution is -0.121. The highest BCUT2D eigenvalue weighted by Gasteiger charge is 2.19. The van der Waals surface area contributed by atoms with Gasteiger partial charge in [-0.15, -0.1) is 0 Å². The zero-order valence-corrected chi connectivity index (χ0v) is 10.7. The third kappa shape index (κ3) is 4.97. The van der Waals surface area contributed by atoms with Gasteiger partial charge < -0.3 is 5.32 Å². The number of hydrazone groups is 1. The summed E-state index contributed by atoms with van der Waals surface area (Å²) in [6.45, 7) is 6.31. The Hall–Kier alpha value is -1.39. The van der Waals surface area contributed by atoms with Gasteiger partial charge in [0.05, 0.1) is 0 Å². The number of rotatable bonds is 5. The van der Waals surface area contributed by atoms with Crippen LogP contribution in [0, 0.1) is 5.92 Å². The average Bonchev–Trinajstić information content (AvgIpc) is 2.27. The van der Waals surface area contributed by atoms with Gasteiger partial charge in [-0.05, 0) is 25.7 Å². The number of carbonyl (C=O) groups excluding carboxylic acids is 2. The highest BCUT2D eigenvalue weighted by molar-refractivity contribution is 6.39. The first-order chi connectivity index (χ1) is 7.99. The van der Waals surface area contributed by atoms with Gasteiger partial charge in [-0.25, -0.2) is 5.43 Å². The quantitative estimate of drug-likeness (QED) is 0.756. The Kier molecular flexibility index (Phi) is 5.12. The van der Waals surface area contributed by atoms with Gasteiger partial charge in [-0.1, -0.05) is 13.8 Å². The summed E-state index contributed by atoms with van der Waals surface area (Å²) in [5.41, 5.74) is 2.74. The van der Waals surface area contributed by atoms with Crippen molar-refractivity contribution >= 4 is 17.5 Å². The molecular weight excluding hydrogens is 218 g/mol. The van der Waals surface area contributed by atoms with Crippen LogP contribution in [0.15, 0.2) is 5.10 Å². The second-order valence-electron chi connectivity index (χ2n) is 4.94. The molecule has 1 unspecified atom stereocenters. The lowest BCUT2D eigenvalue weighted by Gasteiger charge is -2.17. The molecular formula is C12H21N3O2. The average molecular weight is 239 g/mol. The Morgan fingerprint density at radius 1 is 1.35 bits per heavy atom. The van der Waals surface area contributed by atoms with Gasteiger partial charge in [0.15, 0.2) is 0 Å². The van der Waals surface area contributed by atoms with Crippen molar-refractivity contribution < 1.29 is 9.59 Å². The number of carbonyl (C=O) groups is 2. The number of hydrogen-bond acceptors (Lipinski definition) is 3. The molecule has 0 saturated carbocycles. The van der Waals surface area contributed by atoms with Crippen molar-refractivity contribution in [3.63, 3.8) is 0 Å². The maximum absolute atomic E-state index is 11.8. The fraction of sp³-hybridized carbons (Fsp3) is 0.750. The van der Waals surface area contributed by atoms with Gasteiger partial charge >= 0.3 is 0 Å². The Bertz CT molecular complexity index is 324. The first-order valence-corrected chi connectivity index (χ1v) is 6.15. The lowest BCUT2D eigenvalue weighted by Crippen LogP contribution is -2.41. The van der Waals surface area contributed by atoms with Gasteiger partial charge in [0.1, 0.15) is 5.71 Å². The molecule has 0 spiro atoms. The van der Waals surface area contributed by atoms with E-state index in [1.165, 1.54) is 0 Å². The first kappa shape index (κ1) is 13.7. The molecule has 0 radical (unpaired) electrons. The molecule has 0 bridgehead atoms. The first-order valence-electron chi connectivity index (χ1n) is 6.15. The normalized spacial score (nSPS) is 17.4. The maximum Gasteiger partial charge on any atom is 0.267 e. The molecule has 17 heavy (non-hydrogen) atoms. The Morgan fingerprint density at radius 3 is 2.59 bits per heavy atom. The summed E-state index contributed by atoms with van der Waals surface area (Å²) in [5.74, 6) is 0.344. The van der Waals surface area contributed by atoms with E-state index in [2.05, 4.69) is 29.7 Å². The lowest BCUT2D eigenvalue weighted by atomic mass is 10.0. The van der Waals surface area contributed by atoms with Crippen LogP contribution in [-0.2, 0) is 9.59 Å². The molecule has 1 rings (SSSR count). The van der Waals surface area contributed by atoms with E-state index in [4.69, 9.17) is 0 Å². The molecule has 1 aliphatic rings. The Labute approximate surface area is 102 Å². The van der Waals surface area contributed by atoms with E-state index in [1.807, 2.05) is 6.92 Å². The molecule has 0 aromatic rings. The van der Waals surface area contributed by atoms with Gasteiger partial charge in [-0.3, -0.25) is 9.59 Å². The summed E-state index contributed by atoms with van der Waals surface area (Å²) in [7, 11) is 0. The number of hydrogen-bond donors (Lipinski definition) is 2. The minimum Gasteiger partial charge on any atom is -0.348 e. The van der Waals surface area contributed by atoms with Gasteiger partial charge in [0.2, 0.25) is 5.91 Å². The summed E-state index contributed by atoms with van der Waals surface area (Å²) in [6, 6.07) is 0.144. The molecule has 1 heterocycles. The number of nitrogens with one attached hydrogen (secondary N) is 2. The summed E-state index contributed by atoms with van der Waals surface area (Å²) in [6.07, 6.45) is 2.81.